The van der Waals surface area contributed by atoms with E-state index in [0.29, 0.717) is 15.8 Å². The first-order valence-corrected chi connectivity index (χ1v) is 7.18. The Bertz CT molecular complexity index is 607. The Kier molecular flexibility index (Phi) is 6.81. The summed E-state index contributed by atoms with van der Waals surface area (Å²) in [6.07, 6.45) is 2.09. The Labute approximate surface area is 132 Å². The zero-order valence-electron chi connectivity index (χ0n) is 11.5. The minimum Gasteiger partial charge on any atom is -0.497 e. The quantitative estimate of drug-likeness (QED) is 0.628. The van der Waals surface area contributed by atoms with Crippen molar-refractivity contribution in [3.8, 4) is 5.75 Å². The number of carbonyl (C=O) groups excluding carboxylic acids is 3. The molecule has 5 nitrogen and oxygen atoms in total. The van der Waals surface area contributed by atoms with Crippen LogP contribution < -0.4 is 4.74 Å². The molecule has 1 saturated heterocycles. The van der Waals surface area contributed by atoms with Crippen LogP contribution in [0.3, 0.4) is 0 Å². The van der Waals surface area contributed by atoms with Crippen LogP contribution in [0.4, 0.5) is 0 Å². The molecule has 1 aliphatic heterocycles. The van der Waals surface area contributed by atoms with Gasteiger partial charge in [-0.25, -0.2) is 0 Å². The van der Waals surface area contributed by atoms with Gasteiger partial charge in [-0.05, 0) is 30.7 Å². The second-order valence-corrected chi connectivity index (χ2v) is 5.46. The number of hydrogen-bond acceptors (Lipinski definition) is 6. The largest absolute Gasteiger partial charge is 0.497 e. The monoisotopic (exact) mass is 323 g/mol. The molecule has 0 aromatic heterocycles. The fourth-order valence-corrected chi connectivity index (χ4v) is 3.04. The van der Waals surface area contributed by atoms with Crippen LogP contribution in [0.5, 0.6) is 5.75 Å². The summed E-state index contributed by atoms with van der Waals surface area (Å²) in [4.78, 5) is 30.5. The van der Waals surface area contributed by atoms with E-state index < -0.39 is 0 Å². The predicted molar refractivity (Wildman–Crippen MR) is 83.6 cm³/mol. The molecule has 21 heavy (non-hydrogen) atoms. The van der Waals surface area contributed by atoms with E-state index >= 15 is 0 Å². The normalized spacial score (nSPS) is 15.5. The second kappa shape index (κ2) is 8.36. The first-order valence-electron chi connectivity index (χ1n) is 5.96. The molecule has 2 rings (SSSR count). The highest BCUT2D eigenvalue weighted by atomic mass is 32.2. The second-order valence-electron chi connectivity index (χ2n) is 3.79. The van der Waals surface area contributed by atoms with Gasteiger partial charge >= 0.3 is 6.15 Å². The molecule has 1 amide bonds. The fraction of sp³-hybridized carbons (Fsp3) is 0.214. The topological polar surface area (TPSA) is 63.7 Å². The standard InChI is InChI=1S/C13H13NO2S2.CO2/c1-3-14-12(15)11(18-13(14)17)8-9-5-4-6-10(7-9)16-2;2-1-3/h4-8H,3H2,1-2H3;/b11-8-;. The zero-order valence-corrected chi connectivity index (χ0v) is 13.1. The number of thiocarbonyl (C=S) groups is 1. The summed E-state index contributed by atoms with van der Waals surface area (Å²) < 4.78 is 5.77. The smallest absolute Gasteiger partial charge is 0.373 e. The first-order chi connectivity index (χ1) is 10.1. The minimum atomic E-state index is -0.0182. The molecule has 7 heteroatoms. The highest BCUT2D eigenvalue weighted by molar-refractivity contribution is 8.26. The van der Waals surface area contributed by atoms with Crippen molar-refractivity contribution < 1.29 is 19.1 Å². The third-order valence-electron chi connectivity index (χ3n) is 2.58. The van der Waals surface area contributed by atoms with Gasteiger partial charge in [-0.15, -0.1) is 0 Å². The van der Waals surface area contributed by atoms with Crippen LogP contribution in [0.2, 0.25) is 0 Å². The van der Waals surface area contributed by atoms with Crippen molar-refractivity contribution >= 4 is 46.4 Å². The Balaban J connectivity index is 0.000000677. The molecule has 110 valence electrons. The number of amides is 1. The molecule has 1 aromatic carbocycles. The van der Waals surface area contributed by atoms with E-state index in [4.69, 9.17) is 26.5 Å². The highest BCUT2D eigenvalue weighted by Crippen LogP contribution is 2.32. The fourth-order valence-electron chi connectivity index (χ4n) is 1.66. The van der Waals surface area contributed by atoms with Gasteiger partial charge in [0, 0.05) is 6.54 Å². The van der Waals surface area contributed by atoms with E-state index in [1.54, 1.807) is 12.0 Å². The van der Waals surface area contributed by atoms with Crippen molar-refractivity contribution in [1.82, 2.24) is 4.90 Å². The van der Waals surface area contributed by atoms with Crippen molar-refractivity contribution in [3.05, 3.63) is 34.7 Å². The van der Waals surface area contributed by atoms with Crippen LogP contribution in [0.25, 0.3) is 6.08 Å². The Morgan fingerprint density at radius 1 is 1.43 bits per heavy atom. The molecular weight excluding hydrogens is 310 g/mol. The molecule has 0 bridgehead atoms. The van der Waals surface area contributed by atoms with Crippen LogP contribution in [0.1, 0.15) is 12.5 Å². The van der Waals surface area contributed by atoms with Crippen molar-refractivity contribution in [1.29, 1.82) is 0 Å². The average Bonchev–Trinajstić information content (AvgIpc) is 2.74. The molecule has 0 spiro atoms. The maximum absolute atomic E-state index is 12.0. The molecule has 0 N–H and O–H groups in total. The third kappa shape index (κ3) is 4.53. The van der Waals surface area contributed by atoms with Gasteiger partial charge in [-0.2, -0.15) is 9.59 Å². The molecule has 0 atom stereocenters. The molecule has 0 unspecified atom stereocenters. The number of carbonyl (C=O) groups is 1. The summed E-state index contributed by atoms with van der Waals surface area (Å²) in [7, 11) is 1.62. The van der Waals surface area contributed by atoms with Gasteiger partial charge < -0.3 is 4.74 Å². The van der Waals surface area contributed by atoms with Crippen molar-refractivity contribution in [2.75, 3.05) is 13.7 Å². The lowest BCUT2D eigenvalue weighted by atomic mass is 10.2. The summed E-state index contributed by atoms with van der Waals surface area (Å²) in [6, 6.07) is 7.58. The van der Waals surface area contributed by atoms with E-state index in [1.165, 1.54) is 11.8 Å². The summed E-state index contributed by atoms with van der Waals surface area (Å²) in [5, 5.41) is 0. The summed E-state index contributed by atoms with van der Waals surface area (Å²) >= 11 is 6.50. The average molecular weight is 323 g/mol. The van der Waals surface area contributed by atoms with Crippen molar-refractivity contribution in [2.45, 2.75) is 6.92 Å². The lowest BCUT2D eigenvalue weighted by Crippen LogP contribution is -2.27. The maximum Gasteiger partial charge on any atom is 0.373 e. The van der Waals surface area contributed by atoms with Crippen LogP contribution in [0.15, 0.2) is 29.2 Å². The number of nitrogens with zero attached hydrogens (tertiary/aromatic N) is 1. The van der Waals surface area contributed by atoms with E-state index in [9.17, 15) is 4.79 Å². The van der Waals surface area contributed by atoms with Crippen LogP contribution in [0, 0.1) is 0 Å². The first kappa shape index (κ1) is 17.1. The SMILES string of the molecule is CCN1C(=O)/C(=C/c2cccc(OC)c2)SC1=S.O=C=O. The highest BCUT2D eigenvalue weighted by Gasteiger charge is 2.30. The number of benzene rings is 1. The molecule has 0 aliphatic carbocycles. The van der Waals surface area contributed by atoms with Crippen LogP contribution in [-0.4, -0.2) is 34.9 Å². The molecule has 1 aromatic rings. The predicted octanol–water partition coefficient (Wildman–Crippen LogP) is 2.33. The Morgan fingerprint density at radius 2 is 2.10 bits per heavy atom. The molecular formula is C14H13NO4S2. The third-order valence-corrected chi connectivity index (χ3v) is 3.96. The van der Waals surface area contributed by atoms with Crippen molar-refractivity contribution in [2.24, 2.45) is 0 Å². The van der Waals surface area contributed by atoms with E-state index in [1.807, 2.05) is 37.3 Å². The van der Waals surface area contributed by atoms with Gasteiger partial charge in [0.25, 0.3) is 5.91 Å². The lowest BCUT2D eigenvalue weighted by molar-refractivity contribution is -0.191. The number of rotatable bonds is 3. The van der Waals surface area contributed by atoms with Gasteiger partial charge in [-0.1, -0.05) is 36.1 Å². The number of thioether (sulfide) groups is 1. The Hall–Kier alpha value is -1.95. The number of likely N-dealkylation sites (N-methyl/N-ethyl adjacent to an activating group) is 1. The maximum atomic E-state index is 12.0. The zero-order chi connectivity index (χ0) is 15.8. The van der Waals surface area contributed by atoms with Crippen molar-refractivity contribution in [3.63, 3.8) is 0 Å². The van der Waals surface area contributed by atoms with Crippen LogP contribution >= 0.6 is 24.0 Å². The summed E-state index contributed by atoms with van der Waals surface area (Å²) in [6.45, 7) is 2.53. The van der Waals surface area contributed by atoms with E-state index in [2.05, 4.69) is 0 Å². The lowest BCUT2D eigenvalue weighted by Gasteiger charge is -2.09. The summed E-state index contributed by atoms with van der Waals surface area (Å²) in [5.74, 6) is 0.755. The molecule has 1 aliphatic rings. The number of ether oxygens (including phenoxy) is 1. The molecule has 1 heterocycles. The van der Waals surface area contributed by atoms with Gasteiger partial charge in [-0.3, -0.25) is 9.69 Å². The summed E-state index contributed by atoms with van der Waals surface area (Å²) in [5.41, 5.74) is 0.936. The molecule has 1 fully saturated rings. The van der Waals surface area contributed by atoms with Crippen LogP contribution in [-0.2, 0) is 14.4 Å². The van der Waals surface area contributed by atoms with Gasteiger partial charge in [0.15, 0.2) is 0 Å². The van der Waals surface area contributed by atoms with Gasteiger partial charge in [0.1, 0.15) is 10.1 Å². The van der Waals surface area contributed by atoms with Gasteiger partial charge in [0.2, 0.25) is 0 Å². The number of methoxy groups -OCH3 is 1. The van der Waals surface area contributed by atoms with E-state index in [0.717, 1.165) is 11.3 Å². The molecule has 0 radical (unpaired) electrons. The Morgan fingerprint density at radius 3 is 2.62 bits per heavy atom. The van der Waals surface area contributed by atoms with Gasteiger partial charge in [0.05, 0.1) is 12.0 Å². The molecule has 0 saturated carbocycles. The number of hydrogen-bond donors (Lipinski definition) is 0. The minimum absolute atomic E-state index is 0.0182. The van der Waals surface area contributed by atoms with E-state index in [-0.39, 0.29) is 12.1 Å².